The highest BCUT2D eigenvalue weighted by molar-refractivity contribution is 5.82. The molecule has 0 aliphatic rings. The lowest BCUT2D eigenvalue weighted by Crippen LogP contribution is -2.42. The normalized spacial score (nSPS) is 14.2. The summed E-state index contributed by atoms with van der Waals surface area (Å²) in [5.41, 5.74) is -1.46. The highest BCUT2D eigenvalue weighted by Gasteiger charge is 2.31. The lowest BCUT2D eigenvalue weighted by atomic mass is 9.98. The second-order valence-electron chi connectivity index (χ2n) is 3.74. The number of carboxylic acid groups (broad SMARTS) is 1. The summed E-state index contributed by atoms with van der Waals surface area (Å²) >= 11 is 0. The van der Waals surface area contributed by atoms with Gasteiger partial charge in [-0.2, -0.15) is 0 Å². The average molecular weight is 229 g/mol. The first-order chi connectivity index (χ1) is 7.39. The molecule has 1 unspecified atom stereocenters. The summed E-state index contributed by atoms with van der Waals surface area (Å²) in [6.07, 6.45) is 0.248. The molecule has 16 heavy (non-hydrogen) atoms. The molecule has 0 fully saturated rings. The van der Waals surface area contributed by atoms with Crippen molar-refractivity contribution in [1.82, 2.24) is 0 Å². The van der Waals surface area contributed by atoms with Gasteiger partial charge >= 0.3 is 5.97 Å². The Morgan fingerprint density at radius 1 is 1.50 bits per heavy atom. The Balaban J connectivity index is 3.03. The molecule has 0 amide bonds. The van der Waals surface area contributed by atoms with Crippen LogP contribution in [-0.2, 0) is 4.79 Å². The monoisotopic (exact) mass is 229 g/mol. The molecule has 0 aliphatic carbocycles. The molecular formula is C11H13F2NO2. The van der Waals surface area contributed by atoms with Crippen LogP contribution in [0.4, 0.5) is 14.5 Å². The largest absolute Gasteiger partial charge is 0.480 e. The number of hydrogen-bond acceptors (Lipinski definition) is 2. The van der Waals surface area contributed by atoms with Crippen LogP contribution in [0.25, 0.3) is 0 Å². The summed E-state index contributed by atoms with van der Waals surface area (Å²) in [5.74, 6) is -2.41. The number of rotatable bonds is 4. The molecule has 0 spiro atoms. The van der Waals surface area contributed by atoms with E-state index in [0.29, 0.717) is 0 Å². The van der Waals surface area contributed by atoms with Gasteiger partial charge in [-0.3, -0.25) is 0 Å². The van der Waals surface area contributed by atoms with Crippen LogP contribution in [0.3, 0.4) is 0 Å². The molecular weight excluding hydrogens is 216 g/mol. The summed E-state index contributed by atoms with van der Waals surface area (Å²) in [6, 6.07) is 2.87. The molecule has 0 saturated heterocycles. The highest BCUT2D eigenvalue weighted by Crippen LogP contribution is 2.22. The van der Waals surface area contributed by atoms with E-state index in [9.17, 15) is 13.6 Å². The topological polar surface area (TPSA) is 49.3 Å². The second kappa shape index (κ2) is 4.47. The van der Waals surface area contributed by atoms with Crippen LogP contribution in [0.15, 0.2) is 18.2 Å². The third-order valence-electron chi connectivity index (χ3n) is 2.52. The standard InChI is InChI=1S/C11H13F2NO2/c1-3-11(2,10(15)16)14-9-6-7(12)4-5-8(9)13/h4-6,14H,3H2,1-2H3,(H,15,16). The number of aliphatic carboxylic acids is 1. The van der Waals surface area contributed by atoms with Gasteiger partial charge in [-0.05, 0) is 31.5 Å². The molecule has 1 aromatic rings. The van der Waals surface area contributed by atoms with Crippen LogP contribution in [0, 0.1) is 11.6 Å². The van der Waals surface area contributed by atoms with Crippen LogP contribution < -0.4 is 5.32 Å². The van der Waals surface area contributed by atoms with E-state index in [0.717, 1.165) is 18.2 Å². The highest BCUT2D eigenvalue weighted by atomic mass is 19.1. The van der Waals surface area contributed by atoms with Gasteiger partial charge in [0.05, 0.1) is 5.69 Å². The van der Waals surface area contributed by atoms with Crippen molar-refractivity contribution in [2.45, 2.75) is 25.8 Å². The minimum absolute atomic E-state index is 0.147. The third-order valence-corrected chi connectivity index (χ3v) is 2.52. The first-order valence-electron chi connectivity index (χ1n) is 4.85. The lowest BCUT2D eigenvalue weighted by molar-refractivity contribution is -0.141. The molecule has 0 bridgehead atoms. The summed E-state index contributed by atoms with van der Waals surface area (Å²) in [5, 5.41) is 11.5. The van der Waals surface area contributed by atoms with Gasteiger partial charge in [0.2, 0.25) is 0 Å². The van der Waals surface area contributed by atoms with E-state index in [-0.39, 0.29) is 12.1 Å². The molecule has 0 saturated carbocycles. The predicted octanol–water partition coefficient (Wildman–Crippen LogP) is 2.63. The van der Waals surface area contributed by atoms with Crippen LogP contribution >= 0.6 is 0 Å². The maximum atomic E-state index is 13.3. The van der Waals surface area contributed by atoms with Crippen LogP contribution in [-0.4, -0.2) is 16.6 Å². The van der Waals surface area contributed by atoms with Crippen molar-refractivity contribution in [2.24, 2.45) is 0 Å². The maximum Gasteiger partial charge on any atom is 0.329 e. The Bertz CT molecular complexity index is 409. The molecule has 0 aliphatic heterocycles. The summed E-state index contributed by atoms with van der Waals surface area (Å²) < 4.78 is 26.2. The predicted molar refractivity (Wildman–Crippen MR) is 56.3 cm³/mol. The Morgan fingerprint density at radius 3 is 2.62 bits per heavy atom. The van der Waals surface area contributed by atoms with Crippen molar-refractivity contribution in [2.75, 3.05) is 5.32 Å². The average Bonchev–Trinajstić information content (AvgIpc) is 2.23. The second-order valence-corrected chi connectivity index (χ2v) is 3.74. The molecule has 5 heteroatoms. The van der Waals surface area contributed by atoms with Crippen LogP contribution in [0.2, 0.25) is 0 Å². The summed E-state index contributed by atoms with van der Waals surface area (Å²) in [7, 11) is 0. The van der Waals surface area contributed by atoms with Gasteiger partial charge in [-0.15, -0.1) is 0 Å². The van der Waals surface area contributed by atoms with Crippen molar-refractivity contribution in [3.8, 4) is 0 Å². The number of anilines is 1. The fourth-order valence-corrected chi connectivity index (χ4v) is 1.18. The van der Waals surface area contributed by atoms with E-state index in [4.69, 9.17) is 5.11 Å². The zero-order valence-corrected chi connectivity index (χ0v) is 9.05. The van der Waals surface area contributed by atoms with Gasteiger partial charge in [0, 0.05) is 0 Å². The third kappa shape index (κ3) is 2.48. The number of carbonyl (C=O) groups is 1. The smallest absolute Gasteiger partial charge is 0.329 e. The Morgan fingerprint density at radius 2 is 2.12 bits per heavy atom. The van der Waals surface area contributed by atoms with Gasteiger partial charge in [0.1, 0.15) is 17.2 Å². The summed E-state index contributed by atoms with van der Waals surface area (Å²) in [6.45, 7) is 3.07. The maximum absolute atomic E-state index is 13.3. The molecule has 0 aromatic heterocycles. The number of benzene rings is 1. The van der Waals surface area contributed by atoms with E-state index in [2.05, 4.69) is 5.32 Å². The van der Waals surface area contributed by atoms with E-state index < -0.39 is 23.1 Å². The fourth-order valence-electron chi connectivity index (χ4n) is 1.18. The molecule has 1 aromatic carbocycles. The van der Waals surface area contributed by atoms with Crippen molar-refractivity contribution < 1.29 is 18.7 Å². The molecule has 3 nitrogen and oxygen atoms in total. The zero-order valence-electron chi connectivity index (χ0n) is 9.05. The van der Waals surface area contributed by atoms with Crippen molar-refractivity contribution in [3.05, 3.63) is 29.8 Å². The molecule has 2 N–H and O–H groups in total. The Labute approximate surface area is 92.1 Å². The molecule has 1 rings (SSSR count). The zero-order chi connectivity index (χ0) is 12.3. The van der Waals surface area contributed by atoms with Crippen LogP contribution in [0.5, 0.6) is 0 Å². The minimum Gasteiger partial charge on any atom is -0.480 e. The fraction of sp³-hybridized carbons (Fsp3) is 0.364. The lowest BCUT2D eigenvalue weighted by Gasteiger charge is -2.26. The quantitative estimate of drug-likeness (QED) is 0.834. The SMILES string of the molecule is CCC(C)(Nc1cc(F)ccc1F)C(=O)O. The van der Waals surface area contributed by atoms with Crippen molar-refractivity contribution in [3.63, 3.8) is 0 Å². The number of halogens is 2. The number of nitrogens with one attached hydrogen (secondary N) is 1. The molecule has 88 valence electrons. The van der Waals surface area contributed by atoms with Gasteiger partial charge in [0.25, 0.3) is 0 Å². The molecule has 1 atom stereocenters. The molecule has 0 radical (unpaired) electrons. The van der Waals surface area contributed by atoms with Gasteiger partial charge in [0.15, 0.2) is 0 Å². The van der Waals surface area contributed by atoms with Gasteiger partial charge < -0.3 is 10.4 Å². The first kappa shape index (κ1) is 12.4. The van der Waals surface area contributed by atoms with Crippen LogP contribution in [0.1, 0.15) is 20.3 Å². The minimum atomic E-state index is -1.31. The van der Waals surface area contributed by atoms with Crippen molar-refractivity contribution in [1.29, 1.82) is 0 Å². The first-order valence-corrected chi connectivity index (χ1v) is 4.85. The van der Waals surface area contributed by atoms with E-state index >= 15 is 0 Å². The number of hydrogen-bond donors (Lipinski definition) is 2. The van der Waals surface area contributed by atoms with Crippen molar-refractivity contribution >= 4 is 11.7 Å². The van der Waals surface area contributed by atoms with Gasteiger partial charge in [-0.1, -0.05) is 6.92 Å². The number of carboxylic acids is 1. The van der Waals surface area contributed by atoms with Gasteiger partial charge in [-0.25, -0.2) is 13.6 Å². The van der Waals surface area contributed by atoms with E-state index in [1.165, 1.54) is 6.92 Å². The Hall–Kier alpha value is -1.65. The molecule has 0 heterocycles. The van der Waals surface area contributed by atoms with E-state index in [1.807, 2.05) is 0 Å². The Kier molecular flexibility index (Phi) is 3.47. The van der Waals surface area contributed by atoms with E-state index in [1.54, 1.807) is 6.92 Å². The summed E-state index contributed by atoms with van der Waals surface area (Å²) in [4.78, 5) is 11.0.